The van der Waals surface area contributed by atoms with Crippen molar-refractivity contribution >= 4 is 17.2 Å². The van der Waals surface area contributed by atoms with Crippen LogP contribution in [0.25, 0.3) is 0 Å². The van der Waals surface area contributed by atoms with Gasteiger partial charge in [-0.1, -0.05) is 0 Å². The molecule has 0 aliphatic heterocycles. The molecular weight excluding hydrogens is 302 g/mol. The summed E-state index contributed by atoms with van der Waals surface area (Å²) in [5.74, 6) is 0.604. The number of nitrogens with one attached hydrogen (secondary N) is 1. The van der Waals surface area contributed by atoms with Crippen molar-refractivity contribution in [3.05, 3.63) is 39.8 Å². The molecule has 0 bridgehead atoms. The molecule has 1 aromatic heterocycles. The largest absolute Gasteiger partial charge is 0.493 e. The summed E-state index contributed by atoms with van der Waals surface area (Å²) >= 11 is 1.54. The molecule has 0 saturated carbocycles. The number of thiazole rings is 1. The molecule has 1 N–H and O–H groups in total. The van der Waals surface area contributed by atoms with E-state index in [-0.39, 0.29) is 12.5 Å². The molecule has 0 spiro atoms. The third kappa shape index (κ3) is 4.20. The Morgan fingerprint density at radius 3 is 2.91 bits per heavy atom. The minimum absolute atomic E-state index is 0.125. The van der Waals surface area contributed by atoms with Crippen LogP contribution in [0.2, 0.25) is 0 Å². The zero-order valence-electron chi connectivity index (χ0n) is 12.3. The molecule has 0 aliphatic rings. The summed E-state index contributed by atoms with van der Waals surface area (Å²) in [7, 11) is 1.48. The van der Waals surface area contributed by atoms with E-state index in [2.05, 4.69) is 10.3 Å². The Balaban J connectivity index is 1.87. The predicted octanol–water partition coefficient (Wildman–Crippen LogP) is 2.03. The molecule has 1 amide bonds. The van der Waals surface area contributed by atoms with Gasteiger partial charge in [0.2, 0.25) is 0 Å². The Morgan fingerprint density at radius 1 is 1.45 bits per heavy atom. The molecule has 0 saturated heterocycles. The van der Waals surface area contributed by atoms with Crippen LogP contribution >= 0.6 is 11.3 Å². The molecule has 22 heavy (non-hydrogen) atoms. The maximum atomic E-state index is 11.8. The monoisotopic (exact) mass is 317 g/mol. The van der Waals surface area contributed by atoms with E-state index in [0.717, 1.165) is 9.88 Å². The molecule has 0 aliphatic carbocycles. The summed E-state index contributed by atoms with van der Waals surface area (Å²) < 4.78 is 10.6. The average molecular weight is 317 g/mol. The summed E-state index contributed by atoms with van der Waals surface area (Å²) in [4.78, 5) is 16.9. The topological polar surface area (TPSA) is 84.2 Å². The highest BCUT2D eigenvalue weighted by atomic mass is 32.1. The highest BCUT2D eigenvalue weighted by Crippen LogP contribution is 2.27. The number of rotatable bonds is 6. The van der Waals surface area contributed by atoms with E-state index in [1.807, 2.05) is 13.0 Å². The van der Waals surface area contributed by atoms with Crippen molar-refractivity contribution in [2.24, 2.45) is 0 Å². The van der Waals surface area contributed by atoms with Gasteiger partial charge in [0.05, 0.1) is 30.3 Å². The van der Waals surface area contributed by atoms with Gasteiger partial charge in [0, 0.05) is 17.1 Å². The van der Waals surface area contributed by atoms with E-state index in [1.54, 1.807) is 24.4 Å². The first-order chi connectivity index (χ1) is 10.6. The number of aryl methyl sites for hydroxylation is 1. The van der Waals surface area contributed by atoms with Crippen LogP contribution in [0.3, 0.4) is 0 Å². The Morgan fingerprint density at radius 2 is 2.27 bits per heavy atom. The molecule has 2 aromatic rings. The number of nitrogens with zero attached hydrogens (tertiary/aromatic N) is 2. The Bertz CT molecular complexity index is 706. The summed E-state index contributed by atoms with van der Waals surface area (Å²) in [5, 5.41) is 12.5. The van der Waals surface area contributed by atoms with Crippen LogP contribution in [0.1, 0.15) is 15.4 Å². The number of amides is 1. The predicted molar refractivity (Wildman–Crippen MR) is 81.9 cm³/mol. The first-order valence-electron chi connectivity index (χ1n) is 6.51. The number of aromatic nitrogens is 1. The van der Waals surface area contributed by atoms with Gasteiger partial charge in [-0.2, -0.15) is 5.26 Å². The fourth-order valence-corrected chi connectivity index (χ4v) is 2.46. The summed E-state index contributed by atoms with van der Waals surface area (Å²) in [6.45, 7) is 2.22. The van der Waals surface area contributed by atoms with E-state index in [0.29, 0.717) is 23.6 Å². The fourth-order valence-electron chi connectivity index (χ4n) is 1.72. The van der Waals surface area contributed by atoms with Crippen LogP contribution < -0.4 is 14.8 Å². The second-order valence-electron chi connectivity index (χ2n) is 4.39. The van der Waals surface area contributed by atoms with E-state index in [1.165, 1.54) is 18.4 Å². The maximum Gasteiger partial charge on any atom is 0.258 e. The lowest BCUT2D eigenvalue weighted by Gasteiger charge is -2.10. The van der Waals surface area contributed by atoms with Crippen LogP contribution in [0.4, 0.5) is 0 Å². The lowest BCUT2D eigenvalue weighted by molar-refractivity contribution is -0.123. The zero-order chi connectivity index (χ0) is 15.9. The lowest BCUT2D eigenvalue weighted by atomic mass is 10.2. The SMILES string of the molecule is COc1cc(C#N)ccc1OCC(=O)NCc1cnc(C)s1. The van der Waals surface area contributed by atoms with E-state index in [4.69, 9.17) is 14.7 Å². The normalized spacial score (nSPS) is 9.86. The van der Waals surface area contributed by atoms with Gasteiger partial charge in [0.1, 0.15) is 0 Å². The minimum atomic E-state index is -0.238. The van der Waals surface area contributed by atoms with Crippen LogP contribution in [0.5, 0.6) is 11.5 Å². The fraction of sp³-hybridized carbons (Fsp3) is 0.267. The Hall–Kier alpha value is -2.59. The van der Waals surface area contributed by atoms with E-state index < -0.39 is 0 Å². The summed E-state index contributed by atoms with van der Waals surface area (Å²) in [6.07, 6.45) is 1.74. The number of nitriles is 1. The molecule has 6 nitrogen and oxygen atoms in total. The molecule has 0 atom stereocenters. The van der Waals surface area contributed by atoms with Crippen molar-refractivity contribution in [1.82, 2.24) is 10.3 Å². The van der Waals surface area contributed by atoms with Crippen molar-refractivity contribution in [2.75, 3.05) is 13.7 Å². The van der Waals surface area contributed by atoms with Crippen LogP contribution in [-0.4, -0.2) is 24.6 Å². The zero-order valence-corrected chi connectivity index (χ0v) is 13.1. The van der Waals surface area contributed by atoms with Crippen molar-refractivity contribution in [3.63, 3.8) is 0 Å². The van der Waals surface area contributed by atoms with Crippen molar-refractivity contribution < 1.29 is 14.3 Å². The summed E-state index contributed by atoms with van der Waals surface area (Å²) in [6, 6.07) is 6.79. The molecule has 1 heterocycles. The number of benzene rings is 1. The van der Waals surface area contributed by atoms with Gasteiger partial charge in [0.15, 0.2) is 18.1 Å². The number of hydrogen-bond donors (Lipinski definition) is 1. The Kier molecular flexibility index (Phi) is 5.33. The van der Waals surface area contributed by atoms with Gasteiger partial charge >= 0.3 is 0 Å². The number of methoxy groups -OCH3 is 1. The molecule has 0 radical (unpaired) electrons. The first kappa shape index (κ1) is 15.8. The van der Waals surface area contributed by atoms with Gasteiger partial charge in [-0.3, -0.25) is 4.79 Å². The number of carbonyl (C=O) groups excluding carboxylic acids is 1. The van der Waals surface area contributed by atoms with Crippen molar-refractivity contribution in [1.29, 1.82) is 5.26 Å². The molecule has 2 rings (SSSR count). The van der Waals surface area contributed by atoms with Crippen LogP contribution in [-0.2, 0) is 11.3 Å². The molecule has 0 unspecified atom stereocenters. The van der Waals surface area contributed by atoms with Gasteiger partial charge in [-0.15, -0.1) is 11.3 Å². The summed E-state index contributed by atoms with van der Waals surface area (Å²) in [5.41, 5.74) is 0.467. The second kappa shape index (κ2) is 7.43. The minimum Gasteiger partial charge on any atom is -0.493 e. The van der Waals surface area contributed by atoms with Crippen LogP contribution in [0, 0.1) is 18.3 Å². The highest BCUT2D eigenvalue weighted by molar-refractivity contribution is 7.11. The Labute approximate surface area is 132 Å². The average Bonchev–Trinajstić information content (AvgIpc) is 2.96. The molecule has 114 valence electrons. The number of ether oxygens (including phenoxy) is 2. The highest BCUT2D eigenvalue weighted by Gasteiger charge is 2.09. The first-order valence-corrected chi connectivity index (χ1v) is 7.33. The second-order valence-corrected chi connectivity index (χ2v) is 5.71. The lowest BCUT2D eigenvalue weighted by Crippen LogP contribution is -2.28. The van der Waals surface area contributed by atoms with E-state index >= 15 is 0 Å². The van der Waals surface area contributed by atoms with Crippen molar-refractivity contribution in [2.45, 2.75) is 13.5 Å². The van der Waals surface area contributed by atoms with Gasteiger partial charge in [0.25, 0.3) is 5.91 Å². The smallest absolute Gasteiger partial charge is 0.258 e. The quantitative estimate of drug-likeness (QED) is 0.881. The van der Waals surface area contributed by atoms with E-state index in [9.17, 15) is 4.79 Å². The third-order valence-corrected chi connectivity index (χ3v) is 3.69. The molecule has 0 fully saturated rings. The molecule has 7 heteroatoms. The number of hydrogen-bond acceptors (Lipinski definition) is 6. The third-order valence-electron chi connectivity index (χ3n) is 2.78. The van der Waals surface area contributed by atoms with Gasteiger partial charge in [-0.05, 0) is 19.1 Å². The molecular formula is C15H15N3O3S. The van der Waals surface area contributed by atoms with Crippen molar-refractivity contribution in [3.8, 4) is 17.6 Å². The van der Waals surface area contributed by atoms with Crippen LogP contribution in [0.15, 0.2) is 24.4 Å². The number of carbonyl (C=O) groups is 1. The van der Waals surface area contributed by atoms with Gasteiger partial charge < -0.3 is 14.8 Å². The maximum absolute atomic E-state index is 11.8. The molecule has 1 aromatic carbocycles. The standard InChI is InChI=1S/C15H15N3O3S/c1-10-17-7-12(22-10)8-18-15(19)9-21-13-4-3-11(6-16)5-14(13)20-2/h3-5,7H,8-9H2,1-2H3,(H,18,19). The van der Waals surface area contributed by atoms with Gasteiger partial charge in [-0.25, -0.2) is 4.98 Å².